The second kappa shape index (κ2) is 10.2. The standard InChI is InChI=1S/C16H16N2O2.C2H6/c19-15(17-13-7-3-1-4-8-13)11-12-16(20)18-14-9-5-2-6-10-14;1-2/h1-10H,11-12H2,(H,17,19)(H,18,20);1-2H3. The van der Waals surface area contributed by atoms with E-state index in [0.717, 1.165) is 11.4 Å². The third-order valence-corrected chi connectivity index (χ3v) is 2.69. The Labute approximate surface area is 131 Å². The first-order valence-corrected chi connectivity index (χ1v) is 7.44. The molecule has 0 heterocycles. The lowest BCUT2D eigenvalue weighted by atomic mass is 10.2. The Bertz CT molecular complexity index is 515. The second-order valence-electron chi connectivity index (χ2n) is 4.33. The van der Waals surface area contributed by atoms with Gasteiger partial charge in [-0.2, -0.15) is 0 Å². The van der Waals surface area contributed by atoms with Crippen LogP contribution in [0.1, 0.15) is 26.7 Å². The van der Waals surface area contributed by atoms with Crippen molar-refractivity contribution in [1.29, 1.82) is 0 Å². The van der Waals surface area contributed by atoms with E-state index in [4.69, 9.17) is 0 Å². The number of carbonyl (C=O) groups excluding carboxylic acids is 2. The largest absolute Gasteiger partial charge is 0.326 e. The molecular formula is C18H22N2O2. The first-order valence-electron chi connectivity index (χ1n) is 7.44. The summed E-state index contributed by atoms with van der Waals surface area (Å²) in [5.41, 5.74) is 1.47. The molecule has 0 saturated heterocycles. The van der Waals surface area contributed by atoms with E-state index in [-0.39, 0.29) is 24.7 Å². The van der Waals surface area contributed by atoms with E-state index in [0.29, 0.717) is 0 Å². The van der Waals surface area contributed by atoms with Crippen molar-refractivity contribution < 1.29 is 9.59 Å². The van der Waals surface area contributed by atoms with Gasteiger partial charge >= 0.3 is 0 Å². The van der Waals surface area contributed by atoms with E-state index in [9.17, 15) is 9.59 Å². The van der Waals surface area contributed by atoms with Gasteiger partial charge < -0.3 is 10.6 Å². The van der Waals surface area contributed by atoms with Crippen molar-refractivity contribution in [3.63, 3.8) is 0 Å². The zero-order valence-electron chi connectivity index (χ0n) is 13.0. The number of hydrogen-bond acceptors (Lipinski definition) is 2. The molecule has 0 aliphatic heterocycles. The number of carbonyl (C=O) groups is 2. The van der Waals surface area contributed by atoms with Crippen LogP contribution in [-0.4, -0.2) is 11.8 Å². The minimum atomic E-state index is -0.167. The Morgan fingerprint density at radius 2 is 1.00 bits per heavy atom. The Kier molecular flexibility index (Phi) is 8.05. The van der Waals surface area contributed by atoms with E-state index >= 15 is 0 Å². The molecule has 0 aliphatic rings. The molecule has 4 heteroatoms. The molecular weight excluding hydrogens is 276 g/mol. The predicted molar refractivity (Wildman–Crippen MR) is 90.7 cm³/mol. The number of nitrogens with one attached hydrogen (secondary N) is 2. The van der Waals surface area contributed by atoms with Crippen LogP contribution in [-0.2, 0) is 9.59 Å². The van der Waals surface area contributed by atoms with Crippen molar-refractivity contribution in [2.75, 3.05) is 10.6 Å². The first kappa shape index (κ1) is 17.4. The average Bonchev–Trinajstić information content (AvgIpc) is 2.57. The zero-order chi connectivity index (χ0) is 16.2. The number of para-hydroxylation sites is 2. The fourth-order valence-electron chi connectivity index (χ4n) is 1.72. The molecule has 2 aromatic rings. The zero-order valence-corrected chi connectivity index (χ0v) is 13.0. The highest BCUT2D eigenvalue weighted by atomic mass is 16.2. The molecule has 22 heavy (non-hydrogen) atoms. The molecule has 0 saturated carbocycles. The van der Waals surface area contributed by atoms with Crippen molar-refractivity contribution in [3.05, 3.63) is 60.7 Å². The number of amides is 2. The summed E-state index contributed by atoms with van der Waals surface area (Å²) in [7, 11) is 0. The van der Waals surface area contributed by atoms with E-state index in [1.807, 2.05) is 74.5 Å². The van der Waals surface area contributed by atoms with Gasteiger partial charge in [0.15, 0.2) is 0 Å². The molecule has 0 aromatic heterocycles. The Morgan fingerprint density at radius 1 is 0.682 bits per heavy atom. The molecule has 2 N–H and O–H groups in total. The smallest absolute Gasteiger partial charge is 0.224 e. The molecule has 0 fully saturated rings. The lowest BCUT2D eigenvalue weighted by Crippen LogP contribution is -2.17. The van der Waals surface area contributed by atoms with Crippen LogP contribution in [0.15, 0.2) is 60.7 Å². The lowest BCUT2D eigenvalue weighted by Gasteiger charge is -2.06. The molecule has 4 nitrogen and oxygen atoms in total. The van der Waals surface area contributed by atoms with Gasteiger partial charge in [-0.05, 0) is 24.3 Å². The summed E-state index contributed by atoms with van der Waals surface area (Å²) in [5.74, 6) is -0.334. The summed E-state index contributed by atoms with van der Waals surface area (Å²) in [6, 6.07) is 18.4. The van der Waals surface area contributed by atoms with Crippen molar-refractivity contribution in [2.45, 2.75) is 26.7 Å². The summed E-state index contributed by atoms with van der Waals surface area (Å²) in [5, 5.41) is 5.48. The van der Waals surface area contributed by atoms with E-state index in [1.165, 1.54) is 0 Å². The van der Waals surface area contributed by atoms with Gasteiger partial charge in [-0.25, -0.2) is 0 Å². The minimum absolute atomic E-state index is 0.160. The summed E-state index contributed by atoms with van der Waals surface area (Å²) in [6.45, 7) is 4.00. The number of rotatable bonds is 5. The maximum absolute atomic E-state index is 11.7. The van der Waals surface area contributed by atoms with Crippen LogP contribution in [0.4, 0.5) is 11.4 Å². The van der Waals surface area contributed by atoms with Gasteiger partial charge in [-0.3, -0.25) is 9.59 Å². The van der Waals surface area contributed by atoms with Gasteiger partial charge in [0.05, 0.1) is 0 Å². The highest BCUT2D eigenvalue weighted by Crippen LogP contribution is 2.08. The van der Waals surface area contributed by atoms with Crippen LogP contribution in [0.5, 0.6) is 0 Å². The Balaban J connectivity index is 0.00000116. The summed E-state index contributed by atoms with van der Waals surface area (Å²) in [4.78, 5) is 23.4. The SMILES string of the molecule is CC.O=C(CCC(=O)Nc1ccccc1)Nc1ccccc1. The molecule has 0 spiro atoms. The third-order valence-electron chi connectivity index (χ3n) is 2.69. The topological polar surface area (TPSA) is 58.2 Å². The summed E-state index contributed by atoms with van der Waals surface area (Å²) in [6.07, 6.45) is 0.321. The molecule has 2 aromatic carbocycles. The first-order chi connectivity index (χ1) is 10.7. The van der Waals surface area contributed by atoms with E-state index in [2.05, 4.69) is 10.6 Å². The third kappa shape index (κ3) is 6.70. The molecule has 0 bridgehead atoms. The maximum atomic E-state index is 11.7. The highest BCUT2D eigenvalue weighted by Gasteiger charge is 2.07. The van der Waals surface area contributed by atoms with Crippen LogP contribution in [0, 0.1) is 0 Å². The molecule has 0 atom stereocenters. The molecule has 116 valence electrons. The van der Waals surface area contributed by atoms with Crippen LogP contribution in [0.3, 0.4) is 0 Å². The van der Waals surface area contributed by atoms with Gasteiger partial charge in [-0.1, -0.05) is 50.2 Å². The molecule has 2 amide bonds. The molecule has 0 unspecified atom stereocenters. The Hall–Kier alpha value is -2.62. The summed E-state index contributed by atoms with van der Waals surface area (Å²) >= 11 is 0. The molecule has 2 rings (SSSR count). The maximum Gasteiger partial charge on any atom is 0.224 e. The van der Waals surface area contributed by atoms with Crippen molar-refractivity contribution in [3.8, 4) is 0 Å². The van der Waals surface area contributed by atoms with Crippen molar-refractivity contribution >= 4 is 23.2 Å². The summed E-state index contributed by atoms with van der Waals surface area (Å²) < 4.78 is 0. The highest BCUT2D eigenvalue weighted by molar-refractivity contribution is 5.96. The van der Waals surface area contributed by atoms with Crippen molar-refractivity contribution in [1.82, 2.24) is 0 Å². The monoisotopic (exact) mass is 298 g/mol. The fraction of sp³-hybridized carbons (Fsp3) is 0.222. The number of anilines is 2. The van der Waals surface area contributed by atoms with E-state index < -0.39 is 0 Å². The van der Waals surface area contributed by atoms with Crippen molar-refractivity contribution in [2.24, 2.45) is 0 Å². The van der Waals surface area contributed by atoms with Crippen LogP contribution >= 0.6 is 0 Å². The second-order valence-corrected chi connectivity index (χ2v) is 4.33. The number of benzene rings is 2. The van der Waals surface area contributed by atoms with Gasteiger partial charge in [0.2, 0.25) is 11.8 Å². The van der Waals surface area contributed by atoms with Gasteiger partial charge in [-0.15, -0.1) is 0 Å². The number of hydrogen-bond donors (Lipinski definition) is 2. The van der Waals surface area contributed by atoms with Crippen LogP contribution in [0.25, 0.3) is 0 Å². The van der Waals surface area contributed by atoms with Gasteiger partial charge in [0.1, 0.15) is 0 Å². The van der Waals surface area contributed by atoms with E-state index in [1.54, 1.807) is 0 Å². The normalized spacial score (nSPS) is 9.18. The average molecular weight is 298 g/mol. The lowest BCUT2D eigenvalue weighted by molar-refractivity contribution is -0.121. The fourth-order valence-corrected chi connectivity index (χ4v) is 1.72. The Morgan fingerprint density at radius 3 is 1.32 bits per heavy atom. The molecule has 0 radical (unpaired) electrons. The van der Waals surface area contributed by atoms with Crippen LogP contribution in [0.2, 0.25) is 0 Å². The van der Waals surface area contributed by atoms with Gasteiger partial charge in [0.25, 0.3) is 0 Å². The van der Waals surface area contributed by atoms with Gasteiger partial charge in [0, 0.05) is 24.2 Å². The van der Waals surface area contributed by atoms with Crippen LogP contribution < -0.4 is 10.6 Å². The minimum Gasteiger partial charge on any atom is -0.326 e. The molecule has 0 aliphatic carbocycles. The quantitative estimate of drug-likeness (QED) is 0.874. The predicted octanol–water partition coefficient (Wildman–Crippen LogP) is 4.07.